The summed E-state index contributed by atoms with van der Waals surface area (Å²) in [7, 11) is 4.30. The number of hydrogen-bond acceptors (Lipinski definition) is 7. The number of aliphatic hydroxyl groups excluding tert-OH is 1. The number of carbonyl (C=O) groups is 3. The molecule has 0 aliphatic carbocycles. The standard InChI is InChI=1S/C29H27NO7/c1-16-14-17(2)27(36-4)22(15-16)25(31)23-24(18-8-12-21(35-3)13-9-18)30(28(33)26(23)32)20-10-6-19(7-11-20)29(34)37-5/h6-15,24,31H,1-5H3/b25-23+. The van der Waals surface area contributed by atoms with E-state index in [1.807, 2.05) is 19.9 Å². The number of methoxy groups -OCH3 is 3. The van der Waals surface area contributed by atoms with Gasteiger partial charge in [0.15, 0.2) is 0 Å². The predicted molar refractivity (Wildman–Crippen MR) is 138 cm³/mol. The van der Waals surface area contributed by atoms with Crippen molar-refractivity contribution in [3.05, 3.63) is 94.1 Å². The van der Waals surface area contributed by atoms with Crippen molar-refractivity contribution < 1.29 is 33.7 Å². The zero-order valence-electron chi connectivity index (χ0n) is 21.2. The van der Waals surface area contributed by atoms with Crippen molar-refractivity contribution in [2.45, 2.75) is 19.9 Å². The number of esters is 1. The Labute approximate surface area is 214 Å². The number of ether oxygens (including phenoxy) is 3. The minimum absolute atomic E-state index is 0.0736. The molecule has 1 fully saturated rings. The Bertz CT molecular complexity index is 1410. The summed E-state index contributed by atoms with van der Waals surface area (Å²) in [6, 6.07) is 15.7. The zero-order chi connectivity index (χ0) is 26.9. The van der Waals surface area contributed by atoms with Crippen molar-refractivity contribution >= 4 is 29.1 Å². The topological polar surface area (TPSA) is 102 Å². The van der Waals surface area contributed by atoms with E-state index >= 15 is 0 Å². The molecule has 0 bridgehead atoms. The summed E-state index contributed by atoms with van der Waals surface area (Å²) in [4.78, 5) is 40.1. The zero-order valence-corrected chi connectivity index (χ0v) is 21.2. The lowest BCUT2D eigenvalue weighted by Crippen LogP contribution is -2.29. The van der Waals surface area contributed by atoms with Gasteiger partial charge in [0.2, 0.25) is 0 Å². The first-order valence-electron chi connectivity index (χ1n) is 11.5. The van der Waals surface area contributed by atoms with Crippen LogP contribution in [0.1, 0.15) is 38.7 Å². The summed E-state index contributed by atoms with van der Waals surface area (Å²) in [5, 5.41) is 11.5. The molecule has 37 heavy (non-hydrogen) atoms. The highest BCUT2D eigenvalue weighted by atomic mass is 16.5. The van der Waals surface area contributed by atoms with Gasteiger partial charge >= 0.3 is 5.97 Å². The van der Waals surface area contributed by atoms with Crippen molar-refractivity contribution in [2.75, 3.05) is 26.2 Å². The Morgan fingerprint density at radius 2 is 1.54 bits per heavy atom. The number of carbonyl (C=O) groups excluding carboxylic acids is 3. The van der Waals surface area contributed by atoms with E-state index in [1.165, 1.54) is 38.4 Å². The molecule has 190 valence electrons. The summed E-state index contributed by atoms with van der Waals surface area (Å²) >= 11 is 0. The Kier molecular flexibility index (Phi) is 7.02. The van der Waals surface area contributed by atoms with Gasteiger partial charge in [-0.1, -0.05) is 18.2 Å². The number of rotatable bonds is 6. The van der Waals surface area contributed by atoms with Crippen LogP contribution >= 0.6 is 0 Å². The average molecular weight is 502 g/mol. The molecule has 0 aromatic heterocycles. The smallest absolute Gasteiger partial charge is 0.337 e. The quantitative estimate of drug-likeness (QED) is 0.225. The van der Waals surface area contributed by atoms with E-state index < -0.39 is 23.7 Å². The third-order valence-corrected chi connectivity index (χ3v) is 6.32. The van der Waals surface area contributed by atoms with E-state index in [4.69, 9.17) is 14.2 Å². The van der Waals surface area contributed by atoms with Crippen LogP contribution in [0.15, 0.2) is 66.2 Å². The molecule has 0 spiro atoms. The number of nitrogens with zero attached hydrogens (tertiary/aromatic N) is 1. The molecule has 8 nitrogen and oxygen atoms in total. The van der Waals surface area contributed by atoms with E-state index in [-0.39, 0.29) is 11.3 Å². The molecular weight excluding hydrogens is 474 g/mol. The first-order chi connectivity index (χ1) is 17.7. The van der Waals surface area contributed by atoms with Crippen molar-refractivity contribution in [3.8, 4) is 11.5 Å². The third kappa shape index (κ3) is 4.53. The van der Waals surface area contributed by atoms with Crippen LogP contribution in [0.3, 0.4) is 0 Å². The van der Waals surface area contributed by atoms with Gasteiger partial charge in [-0.15, -0.1) is 0 Å². The van der Waals surface area contributed by atoms with E-state index in [9.17, 15) is 19.5 Å². The molecule has 1 saturated heterocycles. The number of benzene rings is 3. The minimum atomic E-state index is -0.944. The number of amides is 1. The lowest BCUT2D eigenvalue weighted by atomic mass is 9.93. The molecule has 1 unspecified atom stereocenters. The molecule has 1 aliphatic rings. The van der Waals surface area contributed by atoms with Crippen LogP contribution in [0.25, 0.3) is 5.76 Å². The molecule has 1 heterocycles. The van der Waals surface area contributed by atoms with Gasteiger partial charge < -0.3 is 19.3 Å². The van der Waals surface area contributed by atoms with Crippen LogP contribution in [0.4, 0.5) is 5.69 Å². The predicted octanol–water partition coefficient (Wildman–Crippen LogP) is 4.73. The lowest BCUT2D eigenvalue weighted by Gasteiger charge is -2.26. The molecule has 1 aliphatic heterocycles. The van der Waals surface area contributed by atoms with Gasteiger partial charge in [0.1, 0.15) is 17.3 Å². The molecule has 8 heteroatoms. The van der Waals surface area contributed by atoms with Crippen molar-refractivity contribution in [3.63, 3.8) is 0 Å². The number of ketones is 1. The number of Topliss-reactive ketones (excluding diaryl/α,β-unsaturated/α-hetero) is 1. The average Bonchev–Trinajstić information content (AvgIpc) is 3.17. The van der Waals surface area contributed by atoms with Crippen LogP contribution in [-0.2, 0) is 14.3 Å². The van der Waals surface area contributed by atoms with E-state index in [1.54, 1.807) is 42.5 Å². The summed E-state index contributed by atoms with van der Waals surface area (Å²) in [6.07, 6.45) is 0. The maximum absolute atomic E-state index is 13.5. The second-order valence-electron chi connectivity index (χ2n) is 8.64. The normalized spacial score (nSPS) is 16.6. The number of hydrogen-bond donors (Lipinski definition) is 1. The minimum Gasteiger partial charge on any atom is -0.507 e. The molecule has 0 radical (unpaired) electrons. The largest absolute Gasteiger partial charge is 0.507 e. The molecular formula is C29H27NO7. The third-order valence-electron chi connectivity index (χ3n) is 6.32. The Hall–Kier alpha value is -4.59. The molecule has 3 aromatic carbocycles. The highest BCUT2D eigenvalue weighted by Gasteiger charge is 2.47. The van der Waals surface area contributed by atoms with E-state index in [2.05, 4.69) is 0 Å². The molecule has 1 atom stereocenters. The highest BCUT2D eigenvalue weighted by Crippen LogP contribution is 2.44. The van der Waals surface area contributed by atoms with Gasteiger partial charge in [0.05, 0.1) is 44.1 Å². The molecule has 4 rings (SSSR count). The van der Waals surface area contributed by atoms with Gasteiger partial charge in [-0.3, -0.25) is 14.5 Å². The summed E-state index contributed by atoms with van der Waals surface area (Å²) < 4.78 is 15.6. The lowest BCUT2D eigenvalue weighted by molar-refractivity contribution is -0.132. The maximum Gasteiger partial charge on any atom is 0.337 e. The summed E-state index contributed by atoms with van der Waals surface area (Å²) in [5.41, 5.74) is 3.13. The van der Waals surface area contributed by atoms with Crippen LogP contribution in [-0.4, -0.2) is 44.1 Å². The van der Waals surface area contributed by atoms with E-state index in [0.29, 0.717) is 33.9 Å². The van der Waals surface area contributed by atoms with Gasteiger partial charge in [-0.2, -0.15) is 0 Å². The maximum atomic E-state index is 13.5. The molecule has 1 amide bonds. The van der Waals surface area contributed by atoms with Crippen LogP contribution in [0, 0.1) is 13.8 Å². The van der Waals surface area contributed by atoms with Gasteiger partial charge in [-0.05, 0) is 73.0 Å². The Morgan fingerprint density at radius 1 is 0.892 bits per heavy atom. The van der Waals surface area contributed by atoms with Gasteiger partial charge in [0, 0.05) is 5.69 Å². The van der Waals surface area contributed by atoms with Crippen molar-refractivity contribution in [1.82, 2.24) is 0 Å². The monoisotopic (exact) mass is 501 g/mol. The molecule has 0 saturated carbocycles. The number of aliphatic hydroxyl groups is 1. The second kappa shape index (κ2) is 10.2. The van der Waals surface area contributed by atoms with Crippen molar-refractivity contribution in [1.29, 1.82) is 0 Å². The first kappa shape index (κ1) is 25.5. The second-order valence-corrected chi connectivity index (χ2v) is 8.64. The van der Waals surface area contributed by atoms with Gasteiger partial charge in [0.25, 0.3) is 11.7 Å². The van der Waals surface area contributed by atoms with Crippen molar-refractivity contribution in [2.24, 2.45) is 0 Å². The van der Waals surface area contributed by atoms with Crippen LogP contribution in [0.2, 0.25) is 0 Å². The van der Waals surface area contributed by atoms with Gasteiger partial charge in [-0.25, -0.2) is 4.79 Å². The number of anilines is 1. The summed E-state index contributed by atoms with van der Waals surface area (Å²) in [5.74, 6) is -1.50. The summed E-state index contributed by atoms with van der Waals surface area (Å²) in [6.45, 7) is 3.71. The van der Waals surface area contributed by atoms with Crippen LogP contribution < -0.4 is 14.4 Å². The Morgan fingerprint density at radius 3 is 2.11 bits per heavy atom. The fraction of sp³-hybridized carbons (Fsp3) is 0.207. The molecule has 1 N–H and O–H groups in total. The van der Waals surface area contributed by atoms with E-state index in [0.717, 1.165) is 11.1 Å². The Balaban J connectivity index is 1.95. The first-order valence-corrected chi connectivity index (χ1v) is 11.5. The van der Waals surface area contributed by atoms with Crippen LogP contribution in [0.5, 0.6) is 11.5 Å². The molecule has 3 aromatic rings. The highest BCUT2D eigenvalue weighted by molar-refractivity contribution is 6.51. The number of aryl methyl sites for hydroxylation is 2. The SMILES string of the molecule is COC(=O)c1ccc(N2C(=O)C(=O)/C(=C(/O)c3cc(C)cc(C)c3OC)C2c2ccc(OC)cc2)cc1. The fourth-order valence-electron chi connectivity index (χ4n) is 4.62. The fourth-order valence-corrected chi connectivity index (χ4v) is 4.62.